The zero-order valence-corrected chi connectivity index (χ0v) is 10.9. The van der Waals surface area contributed by atoms with Crippen LogP contribution in [-0.2, 0) is 10.0 Å². The number of nitriles is 1. The van der Waals surface area contributed by atoms with Crippen molar-refractivity contribution in [3.63, 3.8) is 0 Å². The van der Waals surface area contributed by atoms with E-state index in [0.29, 0.717) is 0 Å². The summed E-state index contributed by atoms with van der Waals surface area (Å²) in [6.07, 6.45) is 0.0651. The summed E-state index contributed by atoms with van der Waals surface area (Å²) in [5, 5.41) is 16.6. The van der Waals surface area contributed by atoms with Gasteiger partial charge in [-0.25, -0.2) is 12.8 Å². The number of aromatic hydroxyl groups is 1. The maximum absolute atomic E-state index is 13.1. The van der Waals surface area contributed by atoms with E-state index >= 15 is 0 Å². The summed E-state index contributed by atoms with van der Waals surface area (Å²) in [7, 11) is -4.03. The van der Waals surface area contributed by atoms with Gasteiger partial charge < -0.3 is 5.11 Å². The van der Waals surface area contributed by atoms with Crippen LogP contribution in [0.2, 0.25) is 5.02 Å². The molecule has 0 aliphatic heterocycles. The Balaban J connectivity index is 3.17. The molecule has 18 heavy (non-hydrogen) atoms. The maximum Gasteiger partial charge on any atom is 0.249 e. The number of phenolic OH excluding ortho intramolecular Hbond substituents is 1. The first-order chi connectivity index (χ1) is 8.31. The van der Waals surface area contributed by atoms with Crippen LogP contribution in [0.15, 0.2) is 12.1 Å². The van der Waals surface area contributed by atoms with E-state index in [0.717, 1.165) is 12.1 Å². The quantitative estimate of drug-likeness (QED) is 0.833. The van der Waals surface area contributed by atoms with E-state index in [9.17, 15) is 17.9 Å². The number of nitrogens with zero attached hydrogens (tertiary/aromatic N) is 1. The molecule has 0 aliphatic carbocycles. The minimum absolute atomic E-state index is 0.0651. The highest BCUT2D eigenvalue weighted by atomic mass is 35.5. The van der Waals surface area contributed by atoms with Crippen molar-refractivity contribution in [1.82, 2.24) is 0 Å². The molecule has 0 radical (unpaired) electrons. The molecule has 2 N–H and O–H groups in total. The van der Waals surface area contributed by atoms with Gasteiger partial charge >= 0.3 is 0 Å². The van der Waals surface area contributed by atoms with Gasteiger partial charge in [0.15, 0.2) is 11.0 Å². The van der Waals surface area contributed by atoms with Crippen molar-refractivity contribution in [2.24, 2.45) is 0 Å². The molecule has 1 rings (SSSR count). The molecule has 0 aromatic heterocycles. The van der Waals surface area contributed by atoms with Crippen molar-refractivity contribution in [3.8, 4) is 11.8 Å². The Kier molecular flexibility index (Phi) is 4.38. The Morgan fingerprint density at radius 2 is 2.22 bits per heavy atom. The summed E-state index contributed by atoms with van der Waals surface area (Å²) in [6, 6.07) is 3.23. The number of phenols is 1. The van der Waals surface area contributed by atoms with Gasteiger partial charge in [0.05, 0.1) is 16.8 Å². The second kappa shape index (κ2) is 5.42. The number of rotatable bonds is 4. The molecule has 0 bridgehead atoms. The molecule has 0 amide bonds. The van der Waals surface area contributed by atoms with Crippen molar-refractivity contribution in [2.45, 2.75) is 18.6 Å². The average Bonchev–Trinajstić information content (AvgIpc) is 2.26. The van der Waals surface area contributed by atoms with E-state index in [4.69, 9.17) is 16.9 Å². The third-order valence-electron chi connectivity index (χ3n) is 2.17. The van der Waals surface area contributed by atoms with Crippen molar-refractivity contribution in [3.05, 3.63) is 23.0 Å². The molecule has 1 unspecified atom stereocenters. The topological polar surface area (TPSA) is 90.2 Å². The first-order valence-electron chi connectivity index (χ1n) is 4.91. The van der Waals surface area contributed by atoms with Crippen LogP contribution in [0.5, 0.6) is 5.75 Å². The fraction of sp³-hybridized carbons (Fsp3) is 0.300. The number of halogens is 2. The van der Waals surface area contributed by atoms with E-state index in [1.165, 1.54) is 6.92 Å². The molecule has 98 valence electrons. The SMILES string of the molecule is CCC(C#N)S(=O)(=O)Nc1cc(F)cc(Cl)c1O. The van der Waals surface area contributed by atoms with E-state index < -0.39 is 32.5 Å². The van der Waals surface area contributed by atoms with Crippen LogP contribution in [0.1, 0.15) is 13.3 Å². The number of hydrogen-bond acceptors (Lipinski definition) is 4. The number of anilines is 1. The van der Waals surface area contributed by atoms with Crippen LogP contribution in [0.4, 0.5) is 10.1 Å². The van der Waals surface area contributed by atoms with Gasteiger partial charge in [0.2, 0.25) is 10.0 Å². The summed E-state index contributed by atoms with van der Waals surface area (Å²) >= 11 is 5.51. The normalized spacial score (nSPS) is 12.8. The minimum atomic E-state index is -4.03. The van der Waals surface area contributed by atoms with Gasteiger partial charge in [-0.05, 0) is 12.5 Å². The molecule has 0 saturated carbocycles. The first-order valence-corrected chi connectivity index (χ1v) is 6.83. The third-order valence-corrected chi connectivity index (χ3v) is 4.15. The third kappa shape index (κ3) is 3.03. The Bertz CT molecular complexity index is 598. The molecule has 8 heteroatoms. The van der Waals surface area contributed by atoms with Crippen LogP contribution in [-0.4, -0.2) is 18.8 Å². The average molecular weight is 293 g/mol. The molecule has 0 saturated heterocycles. The molecule has 0 spiro atoms. The van der Waals surface area contributed by atoms with Gasteiger partial charge in [-0.2, -0.15) is 5.26 Å². The summed E-state index contributed by atoms with van der Waals surface area (Å²) in [4.78, 5) is 0. The van der Waals surface area contributed by atoms with Crippen LogP contribution < -0.4 is 4.72 Å². The molecule has 1 aromatic rings. The molecule has 0 heterocycles. The lowest BCUT2D eigenvalue weighted by molar-refractivity contribution is 0.476. The van der Waals surface area contributed by atoms with Gasteiger partial charge in [0.25, 0.3) is 0 Å². The van der Waals surface area contributed by atoms with Crippen LogP contribution in [0, 0.1) is 17.1 Å². The van der Waals surface area contributed by atoms with Gasteiger partial charge in [-0.1, -0.05) is 18.5 Å². The lowest BCUT2D eigenvalue weighted by Crippen LogP contribution is -2.26. The number of sulfonamides is 1. The largest absolute Gasteiger partial charge is 0.504 e. The van der Waals surface area contributed by atoms with Crippen molar-refractivity contribution in [1.29, 1.82) is 5.26 Å². The summed E-state index contributed by atoms with van der Waals surface area (Å²) in [5.41, 5.74) is -0.395. The Morgan fingerprint density at radius 1 is 1.61 bits per heavy atom. The van der Waals surface area contributed by atoms with E-state index in [1.807, 2.05) is 4.72 Å². The summed E-state index contributed by atoms with van der Waals surface area (Å²) in [5.74, 6) is -1.39. The predicted octanol–water partition coefficient (Wildman–Crippen LogP) is 2.23. The van der Waals surface area contributed by atoms with Gasteiger partial charge in [-0.3, -0.25) is 4.72 Å². The molecule has 1 aromatic carbocycles. The van der Waals surface area contributed by atoms with Crippen LogP contribution >= 0.6 is 11.6 Å². The molecule has 1 atom stereocenters. The van der Waals surface area contributed by atoms with E-state index in [2.05, 4.69) is 0 Å². The molecule has 0 fully saturated rings. The second-order valence-electron chi connectivity index (χ2n) is 3.46. The van der Waals surface area contributed by atoms with Gasteiger partial charge in [-0.15, -0.1) is 0 Å². The lowest BCUT2D eigenvalue weighted by atomic mass is 10.3. The second-order valence-corrected chi connectivity index (χ2v) is 5.73. The number of benzene rings is 1. The Morgan fingerprint density at radius 3 is 2.72 bits per heavy atom. The molecule has 0 aliphatic rings. The highest BCUT2D eigenvalue weighted by Crippen LogP contribution is 2.33. The minimum Gasteiger partial charge on any atom is -0.504 e. The predicted molar refractivity (Wildman–Crippen MR) is 65.3 cm³/mol. The lowest BCUT2D eigenvalue weighted by Gasteiger charge is -2.13. The van der Waals surface area contributed by atoms with Crippen molar-refractivity contribution < 1.29 is 17.9 Å². The first kappa shape index (κ1) is 14.5. The zero-order chi connectivity index (χ0) is 13.9. The van der Waals surface area contributed by atoms with E-state index in [-0.39, 0.29) is 11.4 Å². The Labute approximate surface area is 109 Å². The summed E-state index contributed by atoms with van der Waals surface area (Å²) < 4.78 is 38.5. The Hall–Kier alpha value is -1.52. The standard InChI is InChI=1S/C10H10ClFN2O3S/c1-2-7(5-13)18(16,17)14-9-4-6(12)3-8(11)10(9)15/h3-4,7,14-15H,2H2,1H3. The zero-order valence-electron chi connectivity index (χ0n) is 9.31. The molecular weight excluding hydrogens is 283 g/mol. The smallest absolute Gasteiger partial charge is 0.249 e. The monoisotopic (exact) mass is 292 g/mol. The fourth-order valence-corrected chi connectivity index (χ4v) is 2.64. The maximum atomic E-state index is 13.1. The molecular formula is C10H10ClFN2O3S. The van der Waals surface area contributed by atoms with Gasteiger partial charge in [0, 0.05) is 6.07 Å². The van der Waals surface area contributed by atoms with Gasteiger partial charge in [0.1, 0.15) is 5.82 Å². The van der Waals surface area contributed by atoms with Crippen LogP contribution in [0.25, 0.3) is 0 Å². The van der Waals surface area contributed by atoms with E-state index in [1.54, 1.807) is 6.07 Å². The number of hydrogen-bond donors (Lipinski definition) is 2. The van der Waals surface area contributed by atoms with Crippen LogP contribution in [0.3, 0.4) is 0 Å². The highest BCUT2D eigenvalue weighted by Gasteiger charge is 2.25. The number of nitrogens with one attached hydrogen (secondary N) is 1. The molecule has 5 nitrogen and oxygen atoms in total. The van der Waals surface area contributed by atoms with Crippen molar-refractivity contribution in [2.75, 3.05) is 4.72 Å². The summed E-state index contributed by atoms with van der Waals surface area (Å²) in [6.45, 7) is 1.52. The fourth-order valence-electron chi connectivity index (χ4n) is 1.25. The highest BCUT2D eigenvalue weighted by molar-refractivity contribution is 7.93. The van der Waals surface area contributed by atoms with Crippen molar-refractivity contribution >= 4 is 27.3 Å².